The fraction of sp³-hybridized carbons (Fsp3) is 0.412. The van der Waals surface area contributed by atoms with Crippen LogP contribution in [0.25, 0.3) is 0 Å². The molecule has 1 aromatic carbocycles. The molecule has 0 amide bonds. The summed E-state index contributed by atoms with van der Waals surface area (Å²) in [6.07, 6.45) is 2.13. The number of hydrogen-bond acceptors (Lipinski definition) is 3. The molecule has 1 heterocycles. The highest BCUT2D eigenvalue weighted by molar-refractivity contribution is 9.10. The average Bonchev–Trinajstić information content (AvgIpc) is 2.91. The minimum Gasteiger partial charge on any atom is -0.329 e. The van der Waals surface area contributed by atoms with Crippen LogP contribution in [-0.4, -0.2) is 24.0 Å². The quantitative estimate of drug-likeness (QED) is 0.791. The Labute approximate surface area is 140 Å². The molecule has 0 radical (unpaired) electrons. The summed E-state index contributed by atoms with van der Waals surface area (Å²) in [7, 11) is 2.17. The van der Waals surface area contributed by atoms with E-state index in [1.54, 1.807) is 11.3 Å². The lowest BCUT2D eigenvalue weighted by molar-refractivity contribution is 0.127. The highest BCUT2D eigenvalue weighted by Gasteiger charge is 2.27. The van der Waals surface area contributed by atoms with E-state index in [1.807, 2.05) is 0 Å². The zero-order valence-corrected chi connectivity index (χ0v) is 15.1. The van der Waals surface area contributed by atoms with Crippen molar-refractivity contribution < 1.29 is 0 Å². The lowest BCUT2D eigenvalue weighted by Crippen LogP contribution is -2.49. The highest BCUT2D eigenvalue weighted by atomic mass is 79.9. The van der Waals surface area contributed by atoms with E-state index in [-0.39, 0.29) is 5.54 Å². The van der Waals surface area contributed by atoms with Gasteiger partial charge in [0, 0.05) is 33.4 Å². The minimum atomic E-state index is 0.0201. The molecule has 4 heteroatoms. The van der Waals surface area contributed by atoms with E-state index in [9.17, 15) is 0 Å². The molecule has 0 spiro atoms. The fourth-order valence-corrected chi connectivity index (χ4v) is 3.87. The standard InChI is InChI=1S/C17H23BrN2S/c1-17(13-19,9-8-14-6-4-3-5-7-14)20(2)11-16-10-15(18)12-21-16/h3-7,10,12H,8-9,11,13,19H2,1-2H3. The molecule has 2 nitrogen and oxygen atoms in total. The SMILES string of the molecule is CN(Cc1cc(Br)cs1)C(C)(CN)CCc1ccccc1. The molecule has 21 heavy (non-hydrogen) atoms. The fourth-order valence-electron chi connectivity index (χ4n) is 2.37. The van der Waals surface area contributed by atoms with Crippen molar-refractivity contribution in [3.05, 3.63) is 56.7 Å². The topological polar surface area (TPSA) is 29.3 Å². The third-order valence-electron chi connectivity index (χ3n) is 4.17. The molecule has 1 atom stereocenters. The monoisotopic (exact) mass is 366 g/mol. The van der Waals surface area contributed by atoms with E-state index >= 15 is 0 Å². The molecular weight excluding hydrogens is 344 g/mol. The molecule has 2 aromatic rings. The Kier molecular flexibility index (Phi) is 5.99. The zero-order chi connectivity index (χ0) is 15.3. The van der Waals surface area contributed by atoms with Gasteiger partial charge in [-0.2, -0.15) is 0 Å². The number of likely N-dealkylation sites (N-methyl/N-ethyl adjacent to an activating group) is 1. The van der Waals surface area contributed by atoms with E-state index < -0.39 is 0 Å². The summed E-state index contributed by atoms with van der Waals surface area (Å²) in [5.41, 5.74) is 7.48. The second-order valence-electron chi connectivity index (χ2n) is 5.77. The predicted octanol–water partition coefficient (Wildman–Crippen LogP) is 4.29. The lowest BCUT2D eigenvalue weighted by atomic mass is 9.91. The highest BCUT2D eigenvalue weighted by Crippen LogP contribution is 2.26. The van der Waals surface area contributed by atoms with E-state index in [4.69, 9.17) is 5.73 Å². The smallest absolute Gasteiger partial charge is 0.0331 e. The first-order chi connectivity index (χ1) is 10.0. The van der Waals surface area contributed by atoms with Gasteiger partial charge in [-0.25, -0.2) is 0 Å². The molecule has 1 unspecified atom stereocenters. The van der Waals surface area contributed by atoms with Crippen LogP contribution in [0, 0.1) is 0 Å². The van der Waals surface area contributed by atoms with Crippen LogP contribution in [0.2, 0.25) is 0 Å². The van der Waals surface area contributed by atoms with Gasteiger partial charge >= 0.3 is 0 Å². The average molecular weight is 367 g/mol. The van der Waals surface area contributed by atoms with Gasteiger partial charge in [-0.3, -0.25) is 4.90 Å². The molecule has 2 N–H and O–H groups in total. The molecule has 0 bridgehead atoms. The molecule has 1 aromatic heterocycles. The van der Waals surface area contributed by atoms with Crippen LogP contribution in [0.15, 0.2) is 46.3 Å². The number of aryl methyl sites for hydroxylation is 1. The van der Waals surface area contributed by atoms with Gasteiger partial charge in [-0.05, 0) is 54.4 Å². The van der Waals surface area contributed by atoms with Gasteiger partial charge in [0.25, 0.3) is 0 Å². The summed E-state index contributed by atoms with van der Waals surface area (Å²) in [4.78, 5) is 3.75. The van der Waals surface area contributed by atoms with Gasteiger partial charge in [-0.1, -0.05) is 30.3 Å². The van der Waals surface area contributed by atoms with Crippen molar-refractivity contribution in [3.8, 4) is 0 Å². The summed E-state index contributed by atoms with van der Waals surface area (Å²) in [5, 5.41) is 2.13. The molecule has 0 saturated carbocycles. The third-order valence-corrected chi connectivity index (χ3v) is 5.85. The number of halogens is 1. The van der Waals surface area contributed by atoms with Crippen LogP contribution in [0.3, 0.4) is 0 Å². The van der Waals surface area contributed by atoms with Crippen LogP contribution >= 0.6 is 27.3 Å². The maximum Gasteiger partial charge on any atom is 0.0331 e. The molecular formula is C17H23BrN2S. The summed E-state index contributed by atoms with van der Waals surface area (Å²) in [6.45, 7) is 3.88. The van der Waals surface area contributed by atoms with Crippen molar-refractivity contribution in [2.24, 2.45) is 5.73 Å². The van der Waals surface area contributed by atoms with Crippen LogP contribution in [0.1, 0.15) is 23.8 Å². The number of rotatable bonds is 7. The van der Waals surface area contributed by atoms with Gasteiger partial charge < -0.3 is 5.73 Å². The van der Waals surface area contributed by atoms with Crippen molar-refractivity contribution >= 4 is 27.3 Å². The number of thiophene rings is 1. The van der Waals surface area contributed by atoms with Gasteiger partial charge in [0.15, 0.2) is 0 Å². The second kappa shape index (κ2) is 7.54. The van der Waals surface area contributed by atoms with Crippen molar-refractivity contribution in [2.45, 2.75) is 31.8 Å². The van der Waals surface area contributed by atoms with E-state index in [0.717, 1.165) is 23.9 Å². The Hall–Kier alpha value is -0.680. The molecule has 0 aliphatic carbocycles. The predicted molar refractivity (Wildman–Crippen MR) is 95.7 cm³/mol. The Morgan fingerprint density at radius 1 is 1.29 bits per heavy atom. The number of hydrogen-bond donors (Lipinski definition) is 1. The number of benzene rings is 1. The molecule has 0 saturated heterocycles. The van der Waals surface area contributed by atoms with E-state index in [0.29, 0.717) is 6.54 Å². The second-order valence-corrected chi connectivity index (χ2v) is 7.69. The van der Waals surface area contributed by atoms with Crippen molar-refractivity contribution in [3.63, 3.8) is 0 Å². The first kappa shape index (κ1) is 16.7. The molecule has 114 valence electrons. The van der Waals surface area contributed by atoms with Crippen molar-refractivity contribution in [1.82, 2.24) is 4.90 Å². The molecule has 0 aliphatic rings. The van der Waals surface area contributed by atoms with Gasteiger partial charge in [0.1, 0.15) is 0 Å². The van der Waals surface area contributed by atoms with Crippen molar-refractivity contribution in [2.75, 3.05) is 13.6 Å². The molecule has 2 rings (SSSR count). The van der Waals surface area contributed by atoms with Gasteiger partial charge in [-0.15, -0.1) is 11.3 Å². The Morgan fingerprint density at radius 2 is 2.00 bits per heavy atom. The van der Waals surface area contributed by atoms with Crippen LogP contribution in [0.5, 0.6) is 0 Å². The van der Waals surface area contributed by atoms with E-state index in [1.165, 1.54) is 10.4 Å². The first-order valence-electron chi connectivity index (χ1n) is 7.22. The van der Waals surface area contributed by atoms with Gasteiger partial charge in [0.2, 0.25) is 0 Å². The maximum absolute atomic E-state index is 6.08. The summed E-state index contributed by atoms with van der Waals surface area (Å²) < 4.78 is 1.16. The normalized spacial score (nSPS) is 14.3. The summed E-state index contributed by atoms with van der Waals surface area (Å²) in [5.74, 6) is 0. The minimum absolute atomic E-state index is 0.0201. The Morgan fingerprint density at radius 3 is 2.57 bits per heavy atom. The summed E-state index contributed by atoms with van der Waals surface area (Å²) >= 11 is 5.31. The lowest BCUT2D eigenvalue weighted by Gasteiger charge is -2.38. The van der Waals surface area contributed by atoms with E-state index in [2.05, 4.69) is 76.6 Å². The number of nitrogens with zero attached hydrogens (tertiary/aromatic N) is 1. The van der Waals surface area contributed by atoms with Crippen LogP contribution < -0.4 is 5.73 Å². The Balaban J connectivity index is 1.98. The summed E-state index contributed by atoms with van der Waals surface area (Å²) in [6, 6.07) is 12.8. The molecule has 0 aliphatic heterocycles. The van der Waals surface area contributed by atoms with Gasteiger partial charge in [0.05, 0.1) is 0 Å². The first-order valence-corrected chi connectivity index (χ1v) is 8.89. The van der Waals surface area contributed by atoms with Crippen molar-refractivity contribution in [1.29, 1.82) is 0 Å². The number of nitrogens with two attached hydrogens (primary N) is 1. The zero-order valence-electron chi connectivity index (χ0n) is 12.7. The largest absolute Gasteiger partial charge is 0.329 e. The Bertz CT molecular complexity index is 555. The van der Waals surface area contributed by atoms with Crippen LogP contribution in [-0.2, 0) is 13.0 Å². The maximum atomic E-state index is 6.08. The molecule has 0 fully saturated rings. The third kappa shape index (κ3) is 4.65. The van der Waals surface area contributed by atoms with Crippen LogP contribution in [0.4, 0.5) is 0 Å².